The van der Waals surface area contributed by atoms with E-state index in [0.29, 0.717) is 22.1 Å². The number of hydrogen-bond acceptors (Lipinski definition) is 3. The van der Waals surface area contributed by atoms with Crippen molar-refractivity contribution in [1.82, 2.24) is 4.98 Å². The second kappa shape index (κ2) is 7.61. The van der Waals surface area contributed by atoms with E-state index >= 15 is 0 Å². The lowest BCUT2D eigenvalue weighted by atomic mass is 9.62. The van der Waals surface area contributed by atoms with Gasteiger partial charge in [0.2, 0.25) is 0 Å². The van der Waals surface area contributed by atoms with Gasteiger partial charge in [-0.1, -0.05) is 32.4 Å². The van der Waals surface area contributed by atoms with Crippen LogP contribution in [0.3, 0.4) is 0 Å². The van der Waals surface area contributed by atoms with Crippen molar-refractivity contribution in [1.29, 1.82) is 0 Å². The maximum Gasteiger partial charge on any atom is 0.255 e. The van der Waals surface area contributed by atoms with Gasteiger partial charge < -0.3 is 15.5 Å². The molecule has 0 aliphatic heterocycles. The lowest BCUT2D eigenvalue weighted by molar-refractivity contribution is 0.0257. The topological polar surface area (TPSA) is 68.1 Å². The number of nitrogens with one attached hydrogen (secondary N) is 1. The molecule has 3 N–H and O–H groups in total. The van der Waals surface area contributed by atoms with E-state index in [1.165, 1.54) is 0 Å². The van der Waals surface area contributed by atoms with Crippen molar-refractivity contribution in [3.05, 3.63) is 39.8 Å². The first-order chi connectivity index (χ1) is 12.4. The zero-order valence-corrected chi connectivity index (χ0v) is 16.6. The van der Waals surface area contributed by atoms with E-state index in [9.17, 15) is 4.79 Å². The fraction of sp³-hybridized carbons (Fsp3) is 0.571. The van der Waals surface area contributed by atoms with Crippen LogP contribution in [-0.2, 0) is 0 Å². The number of fused-ring (bicyclic) bond motifs is 1. The number of aromatic amines is 1. The molecule has 1 fully saturated rings. The van der Waals surface area contributed by atoms with Crippen molar-refractivity contribution in [3.8, 4) is 5.75 Å². The van der Waals surface area contributed by atoms with Gasteiger partial charge in [-0.15, -0.1) is 0 Å². The average molecular weight is 377 g/mol. The van der Waals surface area contributed by atoms with Gasteiger partial charge in [0.15, 0.2) is 0 Å². The van der Waals surface area contributed by atoms with Crippen LogP contribution >= 0.6 is 11.6 Å². The Morgan fingerprint density at radius 3 is 2.65 bits per heavy atom. The number of halogens is 1. The van der Waals surface area contributed by atoms with Gasteiger partial charge in [0, 0.05) is 17.6 Å². The average Bonchev–Trinajstić information content (AvgIpc) is 2.63. The first-order valence-electron chi connectivity index (χ1n) is 9.60. The summed E-state index contributed by atoms with van der Waals surface area (Å²) in [7, 11) is 0. The van der Waals surface area contributed by atoms with E-state index in [2.05, 4.69) is 25.8 Å². The van der Waals surface area contributed by atoms with E-state index in [0.717, 1.165) is 37.5 Å². The van der Waals surface area contributed by atoms with Crippen molar-refractivity contribution in [2.24, 2.45) is 17.1 Å². The van der Waals surface area contributed by atoms with Crippen LogP contribution in [0.2, 0.25) is 5.02 Å². The van der Waals surface area contributed by atoms with Gasteiger partial charge in [-0.05, 0) is 67.0 Å². The maximum atomic E-state index is 11.9. The van der Waals surface area contributed by atoms with Crippen LogP contribution in [0.25, 0.3) is 10.8 Å². The Morgan fingerprint density at radius 2 is 2.04 bits per heavy atom. The van der Waals surface area contributed by atoms with Crippen LogP contribution in [-0.4, -0.2) is 17.1 Å². The molecule has 142 valence electrons. The molecule has 1 aromatic carbocycles. The molecule has 5 heteroatoms. The number of nitrogens with two attached hydrogens (primary N) is 1. The lowest BCUT2D eigenvalue weighted by Crippen LogP contribution is -2.48. The molecule has 0 saturated heterocycles. The number of aromatic nitrogens is 1. The highest BCUT2D eigenvalue weighted by Crippen LogP contribution is 2.46. The van der Waals surface area contributed by atoms with Crippen LogP contribution in [0.4, 0.5) is 0 Å². The molecule has 1 aromatic heterocycles. The molecular weight excluding hydrogens is 348 g/mol. The highest BCUT2D eigenvalue weighted by molar-refractivity contribution is 6.32. The fourth-order valence-corrected chi connectivity index (χ4v) is 4.70. The molecule has 4 nitrogen and oxygen atoms in total. The van der Waals surface area contributed by atoms with Gasteiger partial charge in [-0.25, -0.2) is 0 Å². The number of pyridine rings is 1. The lowest BCUT2D eigenvalue weighted by Gasteiger charge is -2.47. The minimum Gasteiger partial charge on any atom is -0.489 e. The second-order valence-electron chi connectivity index (χ2n) is 7.90. The van der Waals surface area contributed by atoms with Crippen molar-refractivity contribution < 1.29 is 4.74 Å². The molecule has 0 bridgehead atoms. The van der Waals surface area contributed by atoms with Gasteiger partial charge in [0.1, 0.15) is 5.75 Å². The number of ether oxygens (including phenoxy) is 1. The summed E-state index contributed by atoms with van der Waals surface area (Å²) in [6.45, 7) is 6.75. The molecule has 26 heavy (non-hydrogen) atoms. The summed E-state index contributed by atoms with van der Waals surface area (Å²) in [6.07, 6.45) is 6.92. The molecule has 0 amide bonds. The third-order valence-electron chi connectivity index (χ3n) is 6.31. The summed E-state index contributed by atoms with van der Waals surface area (Å²) in [4.78, 5) is 14.6. The highest BCUT2D eigenvalue weighted by atomic mass is 35.5. The largest absolute Gasteiger partial charge is 0.489 e. The molecule has 2 aromatic rings. The Bertz CT molecular complexity index is 822. The summed E-state index contributed by atoms with van der Waals surface area (Å²) in [5.74, 6) is 1.22. The first kappa shape index (κ1) is 19.2. The van der Waals surface area contributed by atoms with Gasteiger partial charge >= 0.3 is 0 Å². The second-order valence-corrected chi connectivity index (χ2v) is 8.30. The third-order valence-corrected chi connectivity index (χ3v) is 6.61. The van der Waals surface area contributed by atoms with Crippen molar-refractivity contribution in [2.45, 2.75) is 65.0 Å². The maximum absolute atomic E-state index is 11.9. The Morgan fingerprint density at radius 1 is 1.35 bits per heavy atom. The summed E-state index contributed by atoms with van der Waals surface area (Å²) in [5.41, 5.74) is 6.56. The summed E-state index contributed by atoms with van der Waals surface area (Å²) in [6, 6.07) is 5.67. The summed E-state index contributed by atoms with van der Waals surface area (Å²) < 4.78 is 6.24. The van der Waals surface area contributed by atoms with E-state index < -0.39 is 0 Å². The van der Waals surface area contributed by atoms with Crippen molar-refractivity contribution >= 4 is 22.4 Å². The number of hydrogen-bond donors (Lipinski definition) is 2. The van der Waals surface area contributed by atoms with Gasteiger partial charge in [-0.2, -0.15) is 0 Å². The van der Waals surface area contributed by atoms with Gasteiger partial charge in [0.25, 0.3) is 5.56 Å². The molecule has 1 aliphatic rings. The van der Waals surface area contributed by atoms with E-state index in [1.807, 2.05) is 12.1 Å². The molecular formula is C21H29ClN2O2. The van der Waals surface area contributed by atoms with Crippen LogP contribution in [0.1, 0.15) is 52.9 Å². The zero-order valence-electron chi connectivity index (χ0n) is 15.8. The Kier molecular flexibility index (Phi) is 5.64. The number of benzene rings is 1. The third kappa shape index (κ3) is 3.49. The Balaban J connectivity index is 1.76. The van der Waals surface area contributed by atoms with Crippen LogP contribution in [0.5, 0.6) is 5.75 Å². The molecule has 1 aliphatic carbocycles. The summed E-state index contributed by atoms with van der Waals surface area (Å²) in [5, 5.41) is 1.91. The standard InChI is InChI=1S/C21H29ClN2O2/c1-4-19(23)21(13(2)3)8-5-15(6-9-21)26-18-11-14-7-10-24-20(25)16(14)12-17(18)22/h7,10-13,15,19H,4-6,8-9,23H2,1-3H3,(H,24,25). The van der Waals surface area contributed by atoms with E-state index in [4.69, 9.17) is 22.1 Å². The highest BCUT2D eigenvalue weighted by Gasteiger charge is 2.42. The molecule has 0 spiro atoms. The predicted octanol–water partition coefficient (Wildman–Crippen LogP) is 4.88. The quantitative estimate of drug-likeness (QED) is 0.781. The number of H-pyrrole nitrogens is 1. The monoisotopic (exact) mass is 376 g/mol. The van der Waals surface area contributed by atoms with Crippen molar-refractivity contribution in [2.75, 3.05) is 0 Å². The van der Waals surface area contributed by atoms with Gasteiger partial charge in [-0.3, -0.25) is 4.79 Å². The van der Waals surface area contributed by atoms with E-state index in [-0.39, 0.29) is 23.1 Å². The molecule has 1 atom stereocenters. The van der Waals surface area contributed by atoms with Crippen molar-refractivity contribution in [3.63, 3.8) is 0 Å². The van der Waals surface area contributed by atoms with Crippen LogP contribution < -0.4 is 16.0 Å². The molecule has 3 rings (SSSR count). The molecule has 1 saturated carbocycles. The SMILES string of the molecule is CCC(N)C1(C(C)C)CCC(Oc2cc3cc[nH]c(=O)c3cc2Cl)CC1. The molecule has 1 unspecified atom stereocenters. The first-order valence-corrected chi connectivity index (χ1v) is 9.98. The minimum atomic E-state index is -0.135. The fourth-order valence-electron chi connectivity index (χ4n) is 4.49. The molecule has 1 heterocycles. The van der Waals surface area contributed by atoms with Crippen LogP contribution in [0.15, 0.2) is 29.2 Å². The van der Waals surface area contributed by atoms with Crippen LogP contribution in [0, 0.1) is 11.3 Å². The minimum absolute atomic E-state index is 0.135. The van der Waals surface area contributed by atoms with Gasteiger partial charge in [0.05, 0.1) is 11.1 Å². The normalized spacial score (nSPS) is 24.8. The zero-order chi connectivity index (χ0) is 18.9. The smallest absolute Gasteiger partial charge is 0.255 e. The Hall–Kier alpha value is -1.52. The Labute approximate surface area is 160 Å². The molecule has 0 radical (unpaired) electrons. The predicted molar refractivity (Wildman–Crippen MR) is 108 cm³/mol. The summed E-state index contributed by atoms with van der Waals surface area (Å²) >= 11 is 6.38. The van der Waals surface area contributed by atoms with E-state index in [1.54, 1.807) is 12.3 Å². The number of rotatable bonds is 5.